The van der Waals surface area contributed by atoms with Gasteiger partial charge in [-0.05, 0) is 19.8 Å². The van der Waals surface area contributed by atoms with Crippen molar-refractivity contribution < 1.29 is 4.74 Å². The van der Waals surface area contributed by atoms with Crippen molar-refractivity contribution in [3.8, 4) is 0 Å². The molecule has 1 unspecified atom stereocenters. The average Bonchev–Trinajstić information content (AvgIpc) is 2.20. The molecule has 0 aromatic heterocycles. The summed E-state index contributed by atoms with van der Waals surface area (Å²) in [6, 6.07) is 0. The van der Waals surface area contributed by atoms with Gasteiger partial charge in [-0.15, -0.1) is 0 Å². The maximum atomic E-state index is 5.15. The van der Waals surface area contributed by atoms with Gasteiger partial charge >= 0.3 is 24.8 Å². The van der Waals surface area contributed by atoms with Crippen molar-refractivity contribution in [1.82, 2.24) is 0 Å². The van der Waals surface area contributed by atoms with Crippen LogP contribution < -0.4 is 0 Å². The second-order valence-electron chi connectivity index (χ2n) is 1.94. The third-order valence-electron chi connectivity index (χ3n) is 1.16. The summed E-state index contributed by atoms with van der Waals surface area (Å²) in [5, 5.41) is 0. The van der Waals surface area contributed by atoms with E-state index in [-0.39, 0.29) is 0 Å². The molecule has 1 heterocycles. The Morgan fingerprint density at radius 2 is 2.33 bits per heavy atom. The van der Waals surface area contributed by atoms with Gasteiger partial charge in [0.2, 0.25) is 0 Å². The summed E-state index contributed by atoms with van der Waals surface area (Å²) < 4.78 is 7.85. The first kappa shape index (κ1) is 9.17. The maximum absolute atomic E-state index is 5.15. The van der Waals surface area contributed by atoms with Crippen LogP contribution in [0.25, 0.3) is 0 Å². The van der Waals surface area contributed by atoms with Crippen LogP contribution in [0.5, 0.6) is 0 Å². The van der Waals surface area contributed by atoms with E-state index in [1.54, 1.807) is 0 Å². The summed E-state index contributed by atoms with van der Waals surface area (Å²) >= 11 is 3.19. The summed E-state index contributed by atoms with van der Waals surface area (Å²) in [5.74, 6) is 0. The zero-order valence-corrected chi connectivity index (χ0v) is 6.47. The molecule has 1 rings (SSSR count). The molecule has 0 amide bonds. The molecule has 0 bridgehead atoms. The Bertz CT molecular complexity index is 75.4. The van der Waals surface area contributed by atoms with Crippen molar-refractivity contribution in [2.75, 3.05) is 6.61 Å². The van der Waals surface area contributed by atoms with Gasteiger partial charge in [0.25, 0.3) is 0 Å². The molecule has 1 aliphatic rings. The predicted molar refractivity (Wildman–Crippen MR) is 41.8 cm³/mol. The van der Waals surface area contributed by atoms with Crippen molar-refractivity contribution >= 4 is 20.5 Å². The van der Waals surface area contributed by atoms with E-state index in [9.17, 15) is 0 Å². The number of hydrogen-bond acceptors (Lipinski definition) is 3. The topological polar surface area (TPSA) is 21.6 Å². The van der Waals surface area contributed by atoms with Crippen molar-refractivity contribution in [2.45, 2.75) is 25.9 Å². The fourth-order valence-electron chi connectivity index (χ4n) is 0.739. The number of nitrogens with zero attached hydrogens (tertiary/aromatic N) is 1. The molecule has 1 fully saturated rings. The van der Waals surface area contributed by atoms with E-state index in [0.717, 1.165) is 6.61 Å². The Morgan fingerprint density at radius 3 is 2.44 bits per heavy atom. The molecule has 1 atom stereocenters. The summed E-state index contributed by atoms with van der Waals surface area (Å²) in [7, 11) is 4.34. The van der Waals surface area contributed by atoms with E-state index in [4.69, 9.17) is 4.74 Å². The van der Waals surface area contributed by atoms with Crippen LogP contribution in [0.2, 0.25) is 0 Å². The van der Waals surface area contributed by atoms with Gasteiger partial charge in [-0.3, -0.25) is 0 Å². The first-order valence-corrected chi connectivity index (χ1v) is 3.37. The normalized spacial score (nSPS) is 24.3. The molecule has 0 aromatic carbocycles. The molecular weight excluding hydrogens is 133 g/mol. The molecule has 0 aliphatic carbocycles. The Hall–Kier alpha value is 0.175. The first-order valence-electron chi connectivity index (χ1n) is 2.97. The van der Waals surface area contributed by atoms with Crippen LogP contribution in [0.3, 0.4) is 0 Å². The number of thiol groups is 1. The third kappa shape index (κ3) is 6.05. The van der Waals surface area contributed by atoms with Crippen LogP contribution >= 0.6 is 12.8 Å². The van der Waals surface area contributed by atoms with Crippen molar-refractivity contribution in [3.05, 3.63) is 0 Å². The summed E-state index contributed by atoms with van der Waals surface area (Å²) in [4.78, 5) is 0. The average molecular weight is 144 g/mol. The molecule has 51 valence electrons. The van der Waals surface area contributed by atoms with Crippen molar-refractivity contribution in [2.24, 2.45) is 4.30 Å². The summed E-state index contributed by atoms with van der Waals surface area (Å²) in [6.45, 7) is 3.11. The first-order chi connectivity index (χ1) is 4.31. The van der Waals surface area contributed by atoms with E-state index in [2.05, 4.69) is 31.7 Å². The van der Waals surface area contributed by atoms with Gasteiger partial charge in [-0.25, -0.2) is 0 Å². The number of ether oxygens (including phenoxy) is 1. The van der Waals surface area contributed by atoms with Gasteiger partial charge in [-0.2, -0.15) is 0 Å². The zero-order valence-electron chi connectivity index (χ0n) is 5.58. The minimum atomic E-state index is 0.546. The fraction of sp³-hybridized carbons (Fsp3) is 1.00. The Kier molecular flexibility index (Phi) is 6.42. The Morgan fingerprint density at radius 1 is 1.78 bits per heavy atom. The second kappa shape index (κ2) is 6.30. The molecule has 0 aromatic rings. The number of hydrogen-bond donors (Lipinski definition) is 1. The zero-order chi connectivity index (χ0) is 7.11. The van der Waals surface area contributed by atoms with E-state index in [0.29, 0.717) is 6.10 Å². The molecule has 1 aliphatic heterocycles. The Balaban J connectivity index is 0.000000187. The van der Waals surface area contributed by atoms with Crippen LogP contribution in [-0.4, -0.2) is 20.3 Å². The van der Waals surface area contributed by atoms with Crippen LogP contribution in [0, 0.1) is 0 Å². The molecule has 1 radical (unpaired) electrons. The van der Waals surface area contributed by atoms with E-state index < -0.39 is 0 Å². The molecule has 1 saturated heterocycles. The van der Waals surface area contributed by atoms with Gasteiger partial charge in [0, 0.05) is 6.61 Å². The van der Waals surface area contributed by atoms with Crippen LogP contribution in [0.15, 0.2) is 4.30 Å². The molecule has 9 heavy (non-hydrogen) atoms. The molecule has 0 spiro atoms. The van der Waals surface area contributed by atoms with Gasteiger partial charge in [0.15, 0.2) is 0 Å². The quantitative estimate of drug-likeness (QED) is 0.402. The fourth-order valence-corrected chi connectivity index (χ4v) is 0.739. The van der Waals surface area contributed by atoms with Gasteiger partial charge in [0.1, 0.15) is 0 Å². The standard InChI is InChI=1S/C5H10O.BHNS/c1-5-3-2-4-6-5;1-2-3/h5H,2-4H2,1H3;3H. The van der Waals surface area contributed by atoms with E-state index in [1.807, 2.05) is 0 Å². The van der Waals surface area contributed by atoms with Gasteiger partial charge in [0.05, 0.1) is 6.10 Å². The van der Waals surface area contributed by atoms with Crippen LogP contribution in [0.1, 0.15) is 19.8 Å². The van der Waals surface area contributed by atoms with Gasteiger partial charge < -0.3 is 4.74 Å². The summed E-state index contributed by atoms with van der Waals surface area (Å²) in [5.41, 5.74) is 0. The van der Waals surface area contributed by atoms with Crippen molar-refractivity contribution in [3.63, 3.8) is 0 Å². The molecule has 0 N–H and O–H groups in total. The molecule has 4 heteroatoms. The van der Waals surface area contributed by atoms with E-state index in [1.165, 1.54) is 12.8 Å². The predicted octanol–water partition coefficient (Wildman–Crippen LogP) is 1.37. The minimum absolute atomic E-state index is 0.546. The van der Waals surface area contributed by atoms with Crippen LogP contribution in [-0.2, 0) is 4.74 Å². The molecular formula is C5H11BNOS. The summed E-state index contributed by atoms with van der Waals surface area (Å²) in [6.07, 6.45) is 3.08. The van der Waals surface area contributed by atoms with Gasteiger partial charge in [-0.1, -0.05) is 0 Å². The third-order valence-corrected chi connectivity index (χ3v) is 1.16. The van der Waals surface area contributed by atoms with Crippen LogP contribution in [0.4, 0.5) is 0 Å². The molecule has 0 saturated carbocycles. The molecule has 2 nitrogen and oxygen atoms in total. The Labute approximate surface area is 62.7 Å². The second-order valence-corrected chi connectivity index (χ2v) is 2.17. The monoisotopic (exact) mass is 144 g/mol. The number of rotatable bonds is 0. The van der Waals surface area contributed by atoms with Crippen molar-refractivity contribution in [1.29, 1.82) is 0 Å². The SMILES string of the molecule is CC1CCCO1.[B]=NS. The van der Waals surface area contributed by atoms with E-state index >= 15 is 0 Å².